The van der Waals surface area contributed by atoms with Crippen molar-refractivity contribution in [3.8, 4) is 0 Å². The predicted octanol–water partition coefficient (Wildman–Crippen LogP) is 4.86. The lowest BCUT2D eigenvalue weighted by atomic mass is 9.92. The minimum Gasteiger partial charge on any atom is -0.313 e. The summed E-state index contributed by atoms with van der Waals surface area (Å²) in [6, 6.07) is 4.14. The van der Waals surface area contributed by atoms with Crippen molar-refractivity contribution in [2.24, 2.45) is 5.92 Å². The maximum absolute atomic E-state index is 12.5. The SMILES string of the molecule is CCN(C(=O)CCSC)C1=CC(CCc2cccnc2)CCCC=C1. The number of carbonyl (C=O) groups is 1. The van der Waals surface area contributed by atoms with Crippen LogP contribution in [0, 0.1) is 5.92 Å². The topological polar surface area (TPSA) is 33.2 Å². The van der Waals surface area contributed by atoms with Gasteiger partial charge in [-0.05, 0) is 68.9 Å². The molecule has 1 heterocycles. The van der Waals surface area contributed by atoms with Gasteiger partial charge in [0.2, 0.25) is 5.91 Å². The normalized spacial score (nSPS) is 17.5. The van der Waals surface area contributed by atoms with Crippen LogP contribution in [-0.2, 0) is 11.2 Å². The zero-order valence-corrected chi connectivity index (χ0v) is 16.3. The molecule has 1 aliphatic rings. The molecule has 0 spiro atoms. The molecule has 136 valence electrons. The third-order valence-corrected chi connectivity index (χ3v) is 5.23. The van der Waals surface area contributed by atoms with Crippen molar-refractivity contribution in [2.75, 3.05) is 18.6 Å². The van der Waals surface area contributed by atoms with Gasteiger partial charge in [0.1, 0.15) is 0 Å². The molecule has 0 saturated carbocycles. The van der Waals surface area contributed by atoms with E-state index >= 15 is 0 Å². The van der Waals surface area contributed by atoms with Crippen LogP contribution in [0.3, 0.4) is 0 Å². The number of likely N-dealkylation sites (N-methyl/N-ethyl adjacent to an activating group) is 1. The number of hydrogen-bond acceptors (Lipinski definition) is 3. The minimum absolute atomic E-state index is 0.235. The van der Waals surface area contributed by atoms with Crippen molar-refractivity contribution in [3.05, 3.63) is 54.0 Å². The molecule has 0 radical (unpaired) electrons. The van der Waals surface area contributed by atoms with Crippen LogP contribution < -0.4 is 0 Å². The van der Waals surface area contributed by atoms with Crippen molar-refractivity contribution in [3.63, 3.8) is 0 Å². The molecule has 0 bridgehead atoms. The Hall–Kier alpha value is -1.55. The molecule has 0 aliphatic heterocycles. The average Bonchev–Trinajstić information content (AvgIpc) is 2.62. The van der Waals surface area contributed by atoms with Crippen LogP contribution in [0.4, 0.5) is 0 Å². The molecule has 1 amide bonds. The number of rotatable bonds is 8. The highest BCUT2D eigenvalue weighted by molar-refractivity contribution is 7.98. The fourth-order valence-electron chi connectivity index (χ4n) is 3.22. The van der Waals surface area contributed by atoms with Gasteiger partial charge >= 0.3 is 0 Å². The van der Waals surface area contributed by atoms with Crippen LogP contribution in [0.5, 0.6) is 0 Å². The molecule has 1 aliphatic carbocycles. The number of aryl methyl sites for hydroxylation is 1. The Balaban J connectivity index is 2.08. The molecule has 25 heavy (non-hydrogen) atoms. The first-order chi connectivity index (χ1) is 12.2. The number of hydrogen-bond donors (Lipinski definition) is 0. The number of thioether (sulfide) groups is 1. The van der Waals surface area contributed by atoms with Crippen molar-refractivity contribution >= 4 is 17.7 Å². The van der Waals surface area contributed by atoms with Crippen LogP contribution in [0.15, 0.2) is 48.5 Å². The smallest absolute Gasteiger partial charge is 0.227 e. The van der Waals surface area contributed by atoms with E-state index < -0.39 is 0 Å². The van der Waals surface area contributed by atoms with E-state index in [0.717, 1.165) is 37.3 Å². The molecule has 2 rings (SSSR count). The number of amides is 1. The second-order valence-corrected chi connectivity index (χ2v) is 7.45. The van der Waals surface area contributed by atoms with E-state index in [2.05, 4.69) is 36.2 Å². The molecule has 1 atom stereocenters. The highest BCUT2D eigenvalue weighted by Crippen LogP contribution is 2.24. The standard InChI is InChI=1S/C21H30N2OS/c1-3-23(21(24)13-15-25-2)20-10-6-4-5-8-18(16-20)11-12-19-9-7-14-22-17-19/h6-7,9-10,14,16-18H,3-5,8,11-13,15H2,1-2H3. The van der Waals surface area contributed by atoms with E-state index in [1.54, 1.807) is 11.8 Å². The third kappa shape index (κ3) is 6.69. The van der Waals surface area contributed by atoms with Gasteiger partial charge in [0.05, 0.1) is 0 Å². The van der Waals surface area contributed by atoms with Gasteiger partial charge in [-0.2, -0.15) is 11.8 Å². The number of pyridine rings is 1. The van der Waals surface area contributed by atoms with Crippen molar-refractivity contribution in [1.82, 2.24) is 9.88 Å². The van der Waals surface area contributed by atoms with Gasteiger partial charge in [0.25, 0.3) is 0 Å². The molecule has 1 aromatic rings. The van der Waals surface area contributed by atoms with Crippen molar-refractivity contribution < 1.29 is 4.79 Å². The van der Waals surface area contributed by atoms with Crippen LogP contribution >= 0.6 is 11.8 Å². The van der Waals surface area contributed by atoms with E-state index in [4.69, 9.17) is 0 Å². The van der Waals surface area contributed by atoms with Gasteiger partial charge in [-0.15, -0.1) is 0 Å². The van der Waals surface area contributed by atoms with E-state index in [0.29, 0.717) is 12.3 Å². The molecule has 4 heteroatoms. The number of nitrogens with zero attached hydrogens (tertiary/aromatic N) is 2. The summed E-state index contributed by atoms with van der Waals surface area (Å²) in [5.41, 5.74) is 2.38. The van der Waals surface area contributed by atoms with E-state index in [-0.39, 0.29) is 5.91 Å². The maximum Gasteiger partial charge on any atom is 0.227 e. The first-order valence-electron chi connectivity index (χ1n) is 9.31. The molecular formula is C21H30N2OS. The summed E-state index contributed by atoms with van der Waals surface area (Å²) in [5, 5.41) is 0. The lowest BCUT2D eigenvalue weighted by molar-refractivity contribution is -0.128. The van der Waals surface area contributed by atoms with E-state index in [1.165, 1.54) is 18.4 Å². The Kier molecular flexibility index (Phi) is 8.81. The highest BCUT2D eigenvalue weighted by atomic mass is 32.2. The van der Waals surface area contributed by atoms with Gasteiger partial charge in [-0.25, -0.2) is 0 Å². The lowest BCUT2D eigenvalue weighted by Crippen LogP contribution is -2.30. The molecule has 1 unspecified atom stereocenters. The largest absolute Gasteiger partial charge is 0.313 e. The zero-order chi connectivity index (χ0) is 17.9. The zero-order valence-electron chi connectivity index (χ0n) is 15.5. The second kappa shape index (κ2) is 11.1. The van der Waals surface area contributed by atoms with Crippen LogP contribution in [0.2, 0.25) is 0 Å². The molecule has 1 aromatic heterocycles. The Bertz CT molecular complexity index is 583. The van der Waals surface area contributed by atoms with Crippen LogP contribution in [-0.4, -0.2) is 34.3 Å². The van der Waals surface area contributed by atoms with Crippen LogP contribution in [0.1, 0.15) is 44.6 Å². The predicted molar refractivity (Wildman–Crippen MR) is 108 cm³/mol. The van der Waals surface area contributed by atoms with Gasteiger partial charge in [-0.3, -0.25) is 9.78 Å². The molecule has 3 nitrogen and oxygen atoms in total. The number of carbonyl (C=O) groups excluding carboxylic acids is 1. The Labute approximate surface area is 156 Å². The summed E-state index contributed by atoms with van der Waals surface area (Å²) < 4.78 is 0. The summed E-state index contributed by atoms with van der Waals surface area (Å²) >= 11 is 1.73. The quantitative estimate of drug-likeness (QED) is 0.665. The van der Waals surface area contributed by atoms with Crippen molar-refractivity contribution in [2.45, 2.75) is 45.4 Å². The summed E-state index contributed by atoms with van der Waals surface area (Å²) in [6.45, 7) is 2.80. The maximum atomic E-state index is 12.5. The number of allylic oxidation sites excluding steroid dienone is 3. The Morgan fingerprint density at radius 3 is 3.04 bits per heavy atom. The van der Waals surface area contributed by atoms with E-state index in [9.17, 15) is 4.79 Å². The number of aromatic nitrogens is 1. The van der Waals surface area contributed by atoms with Gasteiger partial charge in [-0.1, -0.05) is 18.2 Å². The van der Waals surface area contributed by atoms with Crippen molar-refractivity contribution in [1.29, 1.82) is 0 Å². The molecule has 0 aromatic carbocycles. The average molecular weight is 359 g/mol. The molecule has 0 saturated heterocycles. The monoisotopic (exact) mass is 358 g/mol. The molecule has 0 fully saturated rings. The van der Waals surface area contributed by atoms with Gasteiger partial charge in [0.15, 0.2) is 0 Å². The minimum atomic E-state index is 0.235. The van der Waals surface area contributed by atoms with Gasteiger partial charge < -0.3 is 4.90 Å². The second-order valence-electron chi connectivity index (χ2n) is 6.47. The molecule has 0 N–H and O–H groups in total. The summed E-state index contributed by atoms with van der Waals surface area (Å²) in [6.07, 6.45) is 18.8. The fourth-order valence-corrected chi connectivity index (χ4v) is 3.59. The molecular weight excluding hydrogens is 328 g/mol. The summed E-state index contributed by atoms with van der Waals surface area (Å²) in [4.78, 5) is 18.7. The third-order valence-electron chi connectivity index (χ3n) is 4.62. The summed E-state index contributed by atoms with van der Waals surface area (Å²) in [5.74, 6) is 1.64. The van der Waals surface area contributed by atoms with E-state index in [1.807, 2.05) is 29.6 Å². The Morgan fingerprint density at radius 1 is 1.44 bits per heavy atom. The highest BCUT2D eigenvalue weighted by Gasteiger charge is 2.17. The Morgan fingerprint density at radius 2 is 2.32 bits per heavy atom. The summed E-state index contributed by atoms with van der Waals surface area (Å²) in [7, 11) is 0. The first-order valence-corrected chi connectivity index (χ1v) is 10.7. The first kappa shape index (κ1) is 19.8. The lowest BCUT2D eigenvalue weighted by Gasteiger charge is -2.25. The fraction of sp³-hybridized carbons (Fsp3) is 0.524. The van der Waals surface area contributed by atoms with Crippen LogP contribution in [0.25, 0.3) is 0 Å². The van der Waals surface area contributed by atoms with Gasteiger partial charge in [0, 0.05) is 36.8 Å².